The molecule has 0 saturated heterocycles. The molecule has 4 rings (SSSR count). The summed E-state index contributed by atoms with van der Waals surface area (Å²) >= 11 is 7.66. The molecule has 3 aromatic rings. The maximum absolute atomic E-state index is 13.8. The summed E-state index contributed by atoms with van der Waals surface area (Å²) in [6, 6.07) is 11.9. The third-order valence-corrected chi connectivity index (χ3v) is 7.22. The van der Waals surface area contributed by atoms with Crippen LogP contribution >= 0.6 is 22.9 Å². The van der Waals surface area contributed by atoms with Gasteiger partial charge in [-0.3, -0.25) is 9.36 Å². The number of ether oxygens (including phenoxy) is 4. The third kappa shape index (κ3) is 5.76. The maximum atomic E-state index is 13.8. The van der Waals surface area contributed by atoms with Crippen molar-refractivity contribution < 1.29 is 28.5 Å². The molecular weight excluding hydrogens is 544 g/mol. The summed E-state index contributed by atoms with van der Waals surface area (Å²) in [7, 11) is 2.76. The van der Waals surface area contributed by atoms with Gasteiger partial charge in [0, 0.05) is 0 Å². The first-order valence-electron chi connectivity index (χ1n) is 12.2. The number of esters is 2. The van der Waals surface area contributed by atoms with Crippen LogP contribution in [0.4, 0.5) is 0 Å². The van der Waals surface area contributed by atoms with E-state index in [2.05, 4.69) is 4.99 Å². The van der Waals surface area contributed by atoms with Crippen molar-refractivity contribution in [1.29, 1.82) is 0 Å². The number of allylic oxidation sites excluding steroid dienone is 1. The van der Waals surface area contributed by atoms with Gasteiger partial charge in [-0.2, -0.15) is 0 Å². The average Bonchev–Trinajstić information content (AvgIpc) is 3.25. The van der Waals surface area contributed by atoms with Gasteiger partial charge in [-0.25, -0.2) is 14.6 Å². The molecule has 0 radical (unpaired) electrons. The second-order valence-electron chi connectivity index (χ2n) is 8.33. The number of nitrogens with zero attached hydrogens (tertiary/aromatic N) is 2. The first kappa shape index (κ1) is 28.1. The van der Waals surface area contributed by atoms with Gasteiger partial charge in [-0.1, -0.05) is 60.2 Å². The molecule has 0 N–H and O–H groups in total. The molecule has 39 heavy (non-hydrogen) atoms. The lowest BCUT2D eigenvalue weighted by molar-refractivity contribution is -0.145. The Kier molecular flexibility index (Phi) is 8.88. The van der Waals surface area contributed by atoms with Crippen LogP contribution < -0.4 is 24.4 Å². The molecule has 1 aliphatic heterocycles. The maximum Gasteiger partial charge on any atom is 0.344 e. The Bertz CT molecular complexity index is 1610. The topological polar surface area (TPSA) is 105 Å². The van der Waals surface area contributed by atoms with Crippen LogP contribution in [-0.2, 0) is 19.1 Å². The Morgan fingerprint density at radius 2 is 1.90 bits per heavy atom. The van der Waals surface area contributed by atoms with E-state index in [-0.39, 0.29) is 35.3 Å². The zero-order valence-electron chi connectivity index (χ0n) is 21.9. The van der Waals surface area contributed by atoms with Crippen LogP contribution in [-0.4, -0.2) is 43.9 Å². The number of benzene rings is 2. The molecule has 1 atom stereocenters. The van der Waals surface area contributed by atoms with E-state index < -0.39 is 18.0 Å². The predicted molar refractivity (Wildman–Crippen MR) is 147 cm³/mol. The molecule has 0 aliphatic carbocycles. The van der Waals surface area contributed by atoms with Crippen molar-refractivity contribution in [1.82, 2.24) is 4.57 Å². The highest BCUT2D eigenvalue weighted by molar-refractivity contribution is 7.07. The number of hydrogen-bond acceptors (Lipinski definition) is 9. The third-order valence-electron chi connectivity index (χ3n) is 5.95. The average molecular weight is 571 g/mol. The Balaban J connectivity index is 1.84. The van der Waals surface area contributed by atoms with Crippen LogP contribution in [0.2, 0.25) is 5.02 Å². The number of thiazole rings is 1. The summed E-state index contributed by atoms with van der Waals surface area (Å²) in [5, 5.41) is 0.195. The Labute approximate surface area is 233 Å². The summed E-state index contributed by atoms with van der Waals surface area (Å²) in [5.41, 5.74) is 1.92. The Morgan fingerprint density at radius 3 is 2.54 bits per heavy atom. The van der Waals surface area contributed by atoms with Crippen molar-refractivity contribution in [2.45, 2.75) is 26.3 Å². The minimum Gasteiger partial charge on any atom is -0.493 e. The summed E-state index contributed by atoms with van der Waals surface area (Å²) in [6.45, 7) is 3.50. The fourth-order valence-electron chi connectivity index (χ4n) is 4.26. The number of carbonyl (C=O) groups is 2. The molecule has 0 bridgehead atoms. The zero-order valence-corrected chi connectivity index (χ0v) is 23.4. The number of aromatic nitrogens is 1. The van der Waals surface area contributed by atoms with Gasteiger partial charge in [0.25, 0.3) is 5.56 Å². The molecule has 0 saturated carbocycles. The van der Waals surface area contributed by atoms with E-state index in [1.165, 1.54) is 30.1 Å². The van der Waals surface area contributed by atoms with Crippen LogP contribution in [0.1, 0.15) is 37.4 Å². The summed E-state index contributed by atoms with van der Waals surface area (Å²) in [4.78, 5) is 43.5. The number of rotatable bonds is 9. The number of methoxy groups -OCH3 is 2. The van der Waals surface area contributed by atoms with Crippen LogP contribution in [0, 0.1) is 0 Å². The molecule has 0 spiro atoms. The molecule has 0 amide bonds. The second-order valence-corrected chi connectivity index (χ2v) is 9.74. The van der Waals surface area contributed by atoms with E-state index >= 15 is 0 Å². The minimum atomic E-state index is -0.691. The standard InChI is InChI=1S/C28H27ClN2O7S/c1-5-19-23(27(34)36-4)24(17-10-8-7-9-11-17)31-26(33)21(39-28(31)30-19)14-16-12-18(29)25(20(13-16)35-3)38-15-22(32)37-6-2/h7-14,24H,5-6,15H2,1-4H3/b21-14-/t24-/m0/s1. The van der Waals surface area contributed by atoms with Crippen molar-refractivity contribution in [3.63, 3.8) is 0 Å². The van der Waals surface area contributed by atoms with E-state index in [0.717, 1.165) is 5.56 Å². The normalized spacial score (nSPS) is 14.9. The number of halogens is 1. The highest BCUT2D eigenvalue weighted by Crippen LogP contribution is 2.37. The Hall–Kier alpha value is -3.89. The largest absolute Gasteiger partial charge is 0.493 e. The van der Waals surface area contributed by atoms with Gasteiger partial charge in [0.1, 0.15) is 0 Å². The van der Waals surface area contributed by atoms with E-state index in [0.29, 0.717) is 32.6 Å². The molecule has 1 aromatic heterocycles. The van der Waals surface area contributed by atoms with Crippen LogP contribution in [0.5, 0.6) is 11.5 Å². The highest BCUT2D eigenvalue weighted by atomic mass is 35.5. The lowest BCUT2D eigenvalue weighted by atomic mass is 9.95. The molecule has 1 aliphatic rings. The van der Waals surface area contributed by atoms with Gasteiger partial charge < -0.3 is 18.9 Å². The molecular formula is C28H27ClN2O7S. The van der Waals surface area contributed by atoms with Crippen molar-refractivity contribution in [2.75, 3.05) is 27.4 Å². The van der Waals surface area contributed by atoms with Gasteiger partial charge in [0.15, 0.2) is 22.9 Å². The van der Waals surface area contributed by atoms with Gasteiger partial charge in [0.05, 0.1) is 47.7 Å². The highest BCUT2D eigenvalue weighted by Gasteiger charge is 2.33. The van der Waals surface area contributed by atoms with Crippen molar-refractivity contribution >= 4 is 41.0 Å². The first-order valence-corrected chi connectivity index (χ1v) is 13.4. The first-order chi connectivity index (χ1) is 18.8. The van der Waals surface area contributed by atoms with E-state index in [1.54, 1.807) is 25.1 Å². The quantitative estimate of drug-likeness (QED) is 0.363. The van der Waals surface area contributed by atoms with Gasteiger partial charge in [-0.15, -0.1) is 0 Å². The van der Waals surface area contributed by atoms with Gasteiger partial charge in [0.2, 0.25) is 0 Å². The molecule has 9 nitrogen and oxygen atoms in total. The lowest BCUT2D eigenvalue weighted by Gasteiger charge is -2.25. The molecule has 2 heterocycles. The minimum absolute atomic E-state index is 0.185. The van der Waals surface area contributed by atoms with Crippen molar-refractivity contribution in [2.24, 2.45) is 4.99 Å². The van der Waals surface area contributed by atoms with Crippen LogP contribution in [0.3, 0.4) is 0 Å². The summed E-state index contributed by atoms with van der Waals surface area (Å²) < 4.78 is 22.8. The van der Waals surface area contributed by atoms with Gasteiger partial charge in [-0.05, 0) is 42.7 Å². The number of carbonyl (C=O) groups excluding carboxylic acids is 2. The molecule has 0 unspecified atom stereocenters. The van der Waals surface area contributed by atoms with Crippen molar-refractivity contribution in [3.05, 3.63) is 89.6 Å². The summed E-state index contributed by atoms with van der Waals surface area (Å²) in [5.74, 6) is -0.598. The molecule has 204 valence electrons. The lowest BCUT2D eigenvalue weighted by Crippen LogP contribution is -2.40. The fourth-order valence-corrected chi connectivity index (χ4v) is 5.56. The molecule has 0 fully saturated rings. The Morgan fingerprint density at radius 1 is 1.15 bits per heavy atom. The second kappa shape index (κ2) is 12.3. The zero-order chi connectivity index (χ0) is 28.1. The smallest absolute Gasteiger partial charge is 0.344 e. The van der Waals surface area contributed by atoms with Crippen LogP contribution in [0.15, 0.2) is 63.5 Å². The predicted octanol–water partition coefficient (Wildman–Crippen LogP) is 3.40. The number of hydrogen-bond donors (Lipinski definition) is 0. The molecule has 11 heteroatoms. The summed E-state index contributed by atoms with van der Waals surface area (Å²) in [6.07, 6.45) is 2.15. The van der Waals surface area contributed by atoms with E-state index in [9.17, 15) is 14.4 Å². The fraction of sp³-hybridized carbons (Fsp3) is 0.286. The molecule has 2 aromatic carbocycles. The van der Waals surface area contributed by atoms with E-state index in [1.807, 2.05) is 37.3 Å². The van der Waals surface area contributed by atoms with E-state index in [4.69, 9.17) is 30.5 Å². The SMILES string of the molecule is CCOC(=O)COc1c(Cl)cc(/C=c2\sc3n(c2=O)[C@@H](c2ccccc2)C(C(=O)OC)=C(CC)N=3)cc1OC. The number of fused-ring (bicyclic) bond motifs is 1. The monoisotopic (exact) mass is 570 g/mol. The van der Waals surface area contributed by atoms with Crippen LogP contribution in [0.25, 0.3) is 6.08 Å². The van der Waals surface area contributed by atoms with Crippen molar-refractivity contribution in [3.8, 4) is 11.5 Å². The van der Waals surface area contributed by atoms with Gasteiger partial charge >= 0.3 is 11.9 Å².